The third-order valence-electron chi connectivity index (χ3n) is 5.62. The molecular formula is C18H22F4N6O3S. The van der Waals surface area contributed by atoms with E-state index in [0.29, 0.717) is 32.0 Å². The molecule has 14 heteroatoms. The molecule has 2 aromatic rings. The number of halogens is 4. The van der Waals surface area contributed by atoms with E-state index in [4.69, 9.17) is 4.74 Å². The van der Waals surface area contributed by atoms with Crippen LogP contribution in [0.25, 0.3) is 0 Å². The number of rotatable bonds is 5. The number of aryl methyl sites for hydroxylation is 1. The summed E-state index contributed by atoms with van der Waals surface area (Å²) in [5.41, 5.74) is -1.16. The monoisotopic (exact) mass is 478 g/mol. The molecule has 2 unspecified atom stereocenters. The lowest BCUT2D eigenvalue weighted by Crippen LogP contribution is -2.49. The van der Waals surface area contributed by atoms with Gasteiger partial charge in [-0.1, -0.05) is 0 Å². The maximum absolute atomic E-state index is 13.6. The normalized spacial score (nSPS) is 24.2. The summed E-state index contributed by atoms with van der Waals surface area (Å²) in [6.45, 7) is 0.712. The zero-order valence-electron chi connectivity index (χ0n) is 17.1. The average molecular weight is 478 g/mol. The van der Waals surface area contributed by atoms with E-state index < -0.39 is 40.2 Å². The van der Waals surface area contributed by atoms with Crippen LogP contribution < -0.4 is 4.74 Å². The predicted octanol–water partition coefficient (Wildman–Crippen LogP) is 1.48. The molecule has 0 amide bonds. The Morgan fingerprint density at radius 1 is 1.12 bits per heavy atom. The fourth-order valence-corrected chi connectivity index (χ4v) is 5.39. The summed E-state index contributed by atoms with van der Waals surface area (Å²) >= 11 is 0. The Morgan fingerprint density at radius 3 is 2.47 bits per heavy atom. The highest BCUT2D eigenvalue weighted by atomic mass is 32.2. The molecule has 9 nitrogen and oxygen atoms in total. The molecule has 0 aromatic carbocycles. The van der Waals surface area contributed by atoms with Crippen LogP contribution in [0.4, 0.5) is 17.6 Å². The van der Waals surface area contributed by atoms with Crippen molar-refractivity contribution in [3.63, 3.8) is 0 Å². The molecular weight excluding hydrogens is 456 g/mol. The first-order valence-electron chi connectivity index (χ1n) is 9.96. The lowest BCUT2D eigenvalue weighted by atomic mass is 10.1. The van der Waals surface area contributed by atoms with Gasteiger partial charge in [-0.15, -0.1) is 0 Å². The van der Waals surface area contributed by atoms with Gasteiger partial charge in [0, 0.05) is 38.9 Å². The fraction of sp³-hybridized carbons (Fsp3) is 0.611. The van der Waals surface area contributed by atoms with Crippen molar-refractivity contribution in [2.24, 2.45) is 7.05 Å². The number of imidazole rings is 1. The molecule has 2 saturated heterocycles. The second kappa shape index (κ2) is 8.56. The lowest BCUT2D eigenvalue weighted by molar-refractivity contribution is -0.141. The van der Waals surface area contributed by atoms with Crippen molar-refractivity contribution in [1.29, 1.82) is 0 Å². The van der Waals surface area contributed by atoms with Crippen molar-refractivity contribution in [1.82, 2.24) is 28.7 Å². The smallest absolute Gasteiger partial charge is 0.433 e. The summed E-state index contributed by atoms with van der Waals surface area (Å²) in [5.74, 6) is -0.306. The summed E-state index contributed by atoms with van der Waals surface area (Å²) in [6, 6.07) is 0.200. The SMILES string of the molecule is Cn1cnc(S(=O)(=O)N2CC(Oc3cc(C(F)(F)F)ncn3)C(N3CCC(F)CC3)C2)c1. The van der Waals surface area contributed by atoms with E-state index in [-0.39, 0.29) is 24.0 Å². The van der Waals surface area contributed by atoms with Crippen LogP contribution in [0.1, 0.15) is 18.5 Å². The number of likely N-dealkylation sites (tertiary alicyclic amines) is 1. The maximum atomic E-state index is 13.6. The largest absolute Gasteiger partial charge is 0.471 e. The van der Waals surface area contributed by atoms with Gasteiger partial charge in [-0.3, -0.25) is 4.90 Å². The van der Waals surface area contributed by atoms with Gasteiger partial charge in [-0.2, -0.15) is 17.5 Å². The van der Waals surface area contributed by atoms with Crippen LogP contribution in [0.3, 0.4) is 0 Å². The molecule has 0 radical (unpaired) electrons. The molecule has 2 aliphatic heterocycles. The molecule has 0 N–H and O–H groups in total. The van der Waals surface area contributed by atoms with Gasteiger partial charge in [-0.25, -0.2) is 27.8 Å². The van der Waals surface area contributed by atoms with E-state index in [1.54, 1.807) is 7.05 Å². The van der Waals surface area contributed by atoms with Crippen LogP contribution >= 0.6 is 0 Å². The summed E-state index contributed by atoms with van der Waals surface area (Å²) in [6.07, 6.45) is -2.35. The quantitative estimate of drug-likeness (QED) is 0.601. The first-order chi connectivity index (χ1) is 15.0. The Balaban J connectivity index is 1.59. The number of sulfonamides is 1. The van der Waals surface area contributed by atoms with Crippen molar-refractivity contribution in [3.05, 3.63) is 30.6 Å². The third-order valence-corrected chi connectivity index (χ3v) is 7.34. The highest BCUT2D eigenvalue weighted by Gasteiger charge is 2.45. The molecule has 2 atom stereocenters. The summed E-state index contributed by atoms with van der Waals surface area (Å²) in [5, 5.41) is -0.136. The minimum absolute atomic E-state index is 0.0394. The van der Waals surface area contributed by atoms with Crippen LogP contribution in [-0.2, 0) is 23.2 Å². The molecule has 2 fully saturated rings. The standard InChI is InChI=1S/C18H22F4N6O3S/c1-26-9-17(25-11-26)32(29,30)28-7-13(27-4-2-12(19)3-5-27)14(8-28)31-16-6-15(18(20,21)22)23-10-24-16/h6,9-14H,2-5,7-8H2,1H3. The molecule has 0 spiro atoms. The molecule has 2 aliphatic rings. The topological polar surface area (TPSA) is 93.5 Å². The van der Waals surface area contributed by atoms with Gasteiger partial charge in [0.05, 0.1) is 18.9 Å². The summed E-state index contributed by atoms with van der Waals surface area (Å²) < 4.78 is 87.2. The Kier molecular flexibility index (Phi) is 6.11. The minimum Gasteiger partial charge on any atom is -0.471 e. The number of ether oxygens (including phenoxy) is 1. The van der Waals surface area contributed by atoms with E-state index in [1.165, 1.54) is 21.4 Å². The van der Waals surface area contributed by atoms with Crippen LogP contribution in [0, 0.1) is 0 Å². The molecule has 0 aliphatic carbocycles. The van der Waals surface area contributed by atoms with E-state index in [0.717, 1.165) is 6.33 Å². The van der Waals surface area contributed by atoms with Crippen LogP contribution in [0.2, 0.25) is 0 Å². The number of nitrogens with zero attached hydrogens (tertiary/aromatic N) is 6. The third kappa shape index (κ3) is 4.71. The number of hydrogen-bond acceptors (Lipinski definition) is 7. The second-order valence-electron chi connectivity index (χ2n) is 7.87. The van der Waals surface area contributed by atoms with Crippen molar-refractivity contribution in [2.45, 2.75) is 42.4 Å². The zero-order chi connectivity index (χ0) is 23.1. The van der Waals surface area contributed by atoms with Crippen molar-refractivity contribution >= 4 is 10.0 Å². The van der Waals surface area contributed by atoms with Crippen molar-refractivity contribution < 1.29 is 30.7 Å². The highest BCUT2D eigenvalue weighted by molar-refractivity contribution is 7.89. The first kappa shape index (κ1) is 22.9. The van der Waals surface area contributed by atoms with Gasteiger partial charge in [-0.05, 0) is 12.8 Å². The average Bonchev–Trinajstić information content (AvgIpc) is 3.36. The van der Waals surface area contributed by atoms with Gasteiger partial charge >= 0.3 is 6.18 Å². The fourth-order valence-electron chi connectivity index (χ4n) is 3.95. The van der Waals surface area contributed by atoms with Crippen molar-refractivity contribution in [3.8, 4) is 5.88 Å². The molecule has 4 rings (SSSR count). The van der Waals surface area contributed by atoms with Crippen molar-refractivity contribution in [2.75, 3.05) is 26.2 Å². The number of aromatic nitrogens is 4. The zero-order valence-corrected chi connectivity index (χ0v) is 17.9. The van der Waals surface area contributed by atoms with Gasteiger partial charge in [0.25, 0.3) is 10.0 Å². The Hall–Kier alpha value is -2.32. The van der Waals surface area contributed by atoms with Gasteiger partial charge in [0.15, 0.2) is 10.7 Å². The molecule has 0 bridgehead atoms. The number of alkyl halides is 4. The number of hydrogen-bond donors (Lipinski definition) is 0. The van der Waals surface area contributed by atoms with E-state index in [2.05, 4.69) is 15.0 Å². The number of piperidine rings is 1. The molecule has 176 valence electrons. The molecule has 0 saturated carbocycles. The van der Waals surface area contributed by atoms with Crippen LogP contribution in [-0.4, -0.2) is 81.6 Å². The van der Waals surface area contributed by atoms with Crippen LogP contribution in [0.15, 0.2) is 29.9 Å². The van der Waals surface area contributed by atoms with Crippen LogP contribution in [0.5, 0.6) is 5.88 Å². The van der Waals surface area contributed by atoms with Gasteiger partial charge < -0.3 is 9.30 Å². The summed E-state index contributed by atoms with van der Waals surface area (Å²) in [4.78, 5) is 12.8. The molecule has 4 heterocycles. The Morgan fingerprint density at radius 2 is 1.84 bits per heavy atom. The second-order valence-corrected chi connectivity index (χ2v) is 9.76. The van der Waals surface area contributed by atoms with Gasteiger partial charge in [0.2, 0.25) is 5.88 Å². The molecule has 32 heavy (non-hydrogen) atoms. The molecule has 2 aromatic heterocycles. The first-order valence-corrected chi connectivity index (χ1v) is 11.4. The Bertz CT molecular complexity index is 1050. The van der Waals surface area contributed by atoms with E-state index >= 15 is 0 Å². The minimum atomic E-state index is -4.67. The highest BCUT2D eigenvalue weighted by Crippen LogP contribution is 2.31. The predicted molar refractivity (Wildman–Crippen MR) is 103 cm³/mol. The summed E-state index contributed by atoms with van der Waals surface area (Å²) in [7, 11) is -2.31. The van der Waals surface area contributed by atoms with E-state index in [9.17, 15) is 26.0 Å². The Labute approximate surface area is 182 Å². The lowest BCUT2D eigenvalue weighted by Gasteiger charge is -2.35. The van der Waals surface area contributed by atoms with Gasteiger partial charge in [0.1, 0.15) is 18.6 Å². The van der Waals surface area contributed by atoms with E-state index in [1.807, 2.05) is 4.90 Å². The maximum Gasteiger partial charge on any atom is 0.433 e.